The third kappa shape index (κ3) is 4.58. The van der Waals surface area contributed by atoms with Gasteiger partial charge in [-0.05, 0) is 24.8 Å². The molecule has 5 nitrogen and oxygen atoms in total. The van der Waals surface area contributed by atoms with Gasteiger partial charge >= 0.3 is 0 Å². The van der Waals surface area contributed by atoms with Gasteiger partial charge in [0.05, 0.1) is 23.4 Å². The van der Waals surface area contributed by atoms with E-state index in [1.54, 1.807) is 4.72 Å². The van der Waals surface area contributed by atoms with Crippen molar-refractivity contribution in [3.63, 3.8) is 0 Å². The van der Waals surface area contributed by atoms with Crippen LogP contribution in [0.5, 0.6) is 5.75 Å². The maximum atomic E-state index is 14.0. The summed E-state index contributed by atoms with van der Waals surface area (Å²) in [5.74, 6) is -1.36. The van der Waals surface area contributed by atoms with Crippen LogP contribution in [0.25, 0.3) is 0 Å². The lowest BCUT2D eigenvalue weighted by Crippen LogP contribution is -2.30. The number of nitrogens with one attached hydrogen (secondary N) is 1. The molecule has 1 aliphatic rings. The van der Waals surface area contributed by atoms with Gasteiger partial charge in [-0.2, -0.15) is 0 Å². The Balaban J connectivity index is 2.11. The molecule has 0 saturated heterocycles. The van der Waals surface area contributed by atoms with Gasteiger partial charge in [-0.1, -0.05) is 24.4 Å². The van der Waals surface area contributed by atoms with Gasteiger partial charge in [-0.3, -0.25) is 4.79 Å². The molecule has 8 heteroatoms. The van der Waals surface area contributed by atoms with E-state index in [2.05, 4.69) is 0 Å². The Morgan fingerprint density at radius 2 is 2.05 bits per heavy atom. The SMILES string of the molecule is CS(=O)(=O)NC(=O)c1cc(Cl)c(OCC2CCCC2)cc1F. The fourth-order valence-corrected chi connectivity index (χ4v) is 3.09. The van der Waals surface area contributed by atoms with E-state index in [0.717, 1.165) is 31.2 Å². The molecular formula is C14H17ClFNO4S. The largest absolute Gasteiger partial charge is 0.492 e. The van der Waals surface area contributed by atoms with Crippen molar-refractivity contribution in [1.82, 2.24) is 4.72 Å². The molecule has 1 N–H and O–H groups in total. The van der Waals surface area contributed by atoms with Crippen molar-refractivity contribution in [2.24, 2.45) is 5.92 Å². The summed E-state index contributed by atoms with van der Waals surface area (Å²) in [6.07, 6.45) is 5.30. The Bertz CT molecular complexity index is 672. The van der Waals surface area contributed by atoms with Gasteiger partial charge in [0.15, 0.2) is 0 Å². The molecule has 122 valence electrons. The van der Waals surface area contributed by atoms with E-state index in [4.69, 9.17) is 16.3 Å². The molecule has 0 radical (unpaired) electrons. The monoisotopic (exact) mass is 349 g/mol. The van der Waals surface area contributed by atoms with E-state index in [9.17, 15) is 17.6 Å². The van der Waals surface area contributed by atoms with Gasteiger partial charge in [-0.25, -0.2) is 17.5 Å². The summed E-state index contributed by atoms with van der Waals surface area (Å²) in [6.45, 7) is 0.452. The third-order valence-corrected chi connectivity index (χ3v) is 4.35. The van der Waals surface area contributed by atoms with Crippen LogP contribution in [0.3, 0.4) is 0 Å². The van der Waals surface area contributed by atoms with Crippen LogP contribution in [0.1, 0.15) is 36.0 Å². The number of sulfonamides is 1. The molecule has 0 atom stereocenters. The second-order valence-corrected chi connectivity index (χ2v) is 7.58. The summed E-state index contributed by atoms with van der Waals surface area (Å²) < 4.78 is 43.2. The molecular weight excluding hydrogens is 333 g/mol. The molecule has 0 aromatic heterocycles. The van der Waals surface area contributed by atoms with Crippen molar-refractivity contribution < 1.29 is 22.3 Å². The zero-order valence-corrected chi connectivity index (χ0v) is 13.6. The number of hydrogen-bond donors (Lipinski definition) is 1. The second kappa shape index (κ2) is 6.83. The van der Waals surface area contributed by atoms with Crippen LogP contribution < -0.4 is 9.46 Å². The van der Waals surface area contributed by atoms with Crippen LogP contribution in [-0.2, 0) is 10.0 Å². The summed E-state index contributed by atoms with van der Waals surface area (Å²) in [4.78, 5) is 11.7. The fraction of sp³-hybridized carbons (Fsp3) is 0.500. The first-order valence-corrected chi connectivity index (χ1v) is 9.17. The minimum Gasteiger partial charge on any atom is -0.492 e. The number of ether oxygens (including phenoxy) is 1. The molecule has 2 rings (SSSR count). The third-order valence-electron chi connectivity index (χ3n) is 3.49. The lowest BCUT2D eigenvalue weighted by atomic mass is 10.1. The molecule has 1 saturated carbocycles. The van der Waals surface area contributed by atoms with E-state index in [1.165, 1.54) is 12.8 Å². The Hall–Kier alpha value is -1.34. The van der Waals surface area contributed by atoms with Crippen LogP contribution in [0.2, 0.25) is 5.02 Å². The summed E-state index contributed by atoms with van der Waals surface area (Å²) in [6, 6.07) is 2.08. The Labute approximate surface area is 133 Å². The van der Waals surface area contributed by atoms with Crippen LogP contribution in [0, 0.1) is 11.7 Å². The van der Waals surface area contributed by atoms with Crippen molar-refractivity contribution in [2.45, 2.75) is 25.7 Å². The number of carbonyl (C=O) groups is 1. The highest BCUT2D eigenvalue weighted by atomic mass is 35.5. The Kier molecular flexibility index (Phi) is 5.28. The highest BCUT2D eigenvalue weighted by Gasteiger charge is 2.20. The molecule has 0 heterocycles. The van der Waals surface area contributed by atoms with Crippen LogP contribution in [0.4, 0.5) is 4.39 Å². The van der Waals surface area contributed by atoms with Crippen molar-refractivity contribution in [1.29, 1.82) is 0 Å². The number of rotatable bonds is 5. The van der Waals surface area contributed by atoms with Gasteiger partial charge in [0, 0.05) is 6.07 Å². The van der Waals surface area contributed by atoms with Gasteiger partial charge in [0.25, 0.3) is 5.91 Å². The first kappa shape index (κ1) is 17.0. The molecule has 1 aliphatic carbocycles. The molecule has 1 aromatic rings. The molecule has 0 spiro atoms. The molecule has 0 unspecified atom stereocenters. The first-order valence-electron chi connectivity index (χ1n) is 6.90. The van der Waals surface area contributed by atoms with Gasteiger partial charge in [-0.15, -0.1) is 0 Å². The molecule has 22 heavy (non-hydrogen) atoms. The highest BCUT2D eigenvalue weighted by Crippen LogP contribution is 2.30. The molecule has 0 aliphatic heterocycles. The van der Waals surface area contributed by atoms with E-state index in [1.807, 2.05) is 0 Å². The average Bonchev–Trinajstić information content (AvgIpc) is 2.90. The van der Waals surface area contributed by atoms with Gasteiger partial charge < -0.3 is 4.74 Å². The smallest absolute Gasteiger partial charge is 0.267 e. The first-order chi connectivity index (χ1) is 10.3. The summed E-state index contributed by atoms with van der Waals surface area (Å²) in [7, 11) is -3.77. The fourth-order valence-electron chi connectivity index (χ4n) is 2.42. The van der Waals surface area contributed by atoms with E-state index < -0.39 is 27.3 Å². The zero-order chi connectivity index (χ0) is 16.3. The number of hydrogen-bond acceptors (Lipinski definition) is 4. The molecule has 0 bridgehead atoms. The lowest BCUT2D eigenvalue weighted by Gasteiger charge is -2.13. The summed E-state index contributed by atoms with van der Waals surface area (Å²) >= 11 is 5.98. The standard InChI is InChI=1S/C14H17ClFNO4S/c1-22(19,20)17-14(18)10-6-11(15)13(7-12(10)16)21-8-9-4-2-3-5-9/h6-7,9H,2-5,8H2,1H3,(H,17,18). The zero-order valence-electron chi connectivity index (χ0n) is 12.1. The number of carbonyl (C=O) groups excluding carboxylic acids is 1. The van der Waals surface area contributed by atoms with Gasteiger partial charge in [0.1, 0.15) is 11.6 Å². The van der Waals surface area contributed by atoms with Crippen molar-refractivity contribution in [2.75, 3.05) is 12.9 Å². The average molecular weight is 350 g/mol. The molecule has 1 fully saturated rings. The lowest BCUT2D eigenvalue weighted by molar-refractivity contribution is 0.0977. The Morgan fingerprint density at radius 3 is 2.64 bits per heavy atom. The minimum atomic E-state index is -3.77. The molecule has 1 aromatic carbocycles. The van der Waals surface area contributed by atoms with Crippen molar-refractivity contribution in [3.05, 3.63) is 28.5 Å². The topological polar surface area (TPSA) is 72.5 Å². The van der Waals surface area contributed by atoms with Crippen LogP contribution in [0.15, 0.2) is 12.1 Å². The number of amides is 1. The number of benzene rings is 1. The van der Waals surface area contributed by atoms with E-state index in [0.29, 0.717) is 12.5 Å². The van der Waals surface area contributed by atoms with Crippen LogP contribution in [-0.4, -0.2) is 27.2 Å². The number of halogens is 2. The maximum Gasteiger partial charge on any atom is 0.267 e. The minimum absolute atomic E-state index is 0.0676. The Morgan fingerprint density at radius 1 is 1.41 bits per heavy atom. The maximum absolute atomic E-state index is 14.0. The van der Waals surface area contributed by atoms with E-state index >= 15 is 0 Å². The van der Waals surface area contributed by atoms with Crippen molar-refractivity contribution in [3.8, 4) is 5.75 Å². The van der Waals surface area contributed by atoms with Crippen molar-refractivity contribution >= 4 is 27.5 Å². The predicted molar refractivity (Wildman–Crippen MR) is 81.2 cm³/mol. The summed E-state index contributed by atoms with van der Waals surface area (Å²) in [5, 5.41) is 0.0676. The van der Waals surface area contributed by atoms with Crippen LogP contribution >= 0.6 is 11.6 Å². The predicted octanol–water partition coefficient (Wildman–Crippen LogP) is 2.74. The highest BCUT2D eigenvalue weighted by molar-refractivity contribution is 7.89. The molecule has 1 amide bonds. The quantitative estimate of drug-likeness (QED) is 0.887. The summed E-state index contributed by atoms with van der Waals surface area (Å²) in [5.41, 5.74) is -0.441. The second-order valence-electron chi connectivity index (χ2n) is 5.43. The van der Waals surface area contributed by atoms with Gasteiger partial charge in [0.2, 0.25) is 10.0 Å². The normalized spacial score (nSPS) is 15.8. The van der Waals surface area contributed by atoms with E-state index in [-0.39, 0.29) is 10.8 Å².